The number of rotatable bonds is 18. The zero-order valence-corrected chi connectivity index (χ0v) is 18.6. The molecular weight excluding hydrogens is 364 g/mol. The molecular formula is C24H41N2O3+. The lowest BCUT2D eigenvalue weighted by Gasteiger charge is -2.11. The Kier molecular flexibility index (Phi) is 14.9. The molecule has 0 aliphatic heterocycles. The zero-order valence-electron chi connectivity index (χ0n) is 18.6. The Hall–Kier alpha value is -1.80. The molecule has 0 spiro atoms. The quantitative estimate of drug-likeness (QED) is 0.207. The number of diazo groups is 1. The highest BCUT2D eigenvalue weighted by atomic mass is 16.5. The first-order valence-corrected chi connectivity index (χ1v) is 11.6. The lowest BCUT2D eigenvalue weighted by Crippen LogP contribution is -2.02. The third-order valence-electron chi connectivity index (χ3n) is 5.08. The van der Waals surface area contributed by atoms with Gasteiger partial charge in [-0.15, -0.1) is 0 Å². The third-order valence-corrected chi connectivity index (χ3v) is 5.08. The molecule has 0 unspecified atom stereocenters. The fourth-order valence-corrected chi connectivity index (χ4v) is 3.32. The first kappa shape index (κ1) is 25.2. The monoisotopic (exact) mass is 405 g/mol. The molecule has 0 atom stereocenters. The average Bonchev–Trinajstić information content (AvgIpc) is 2.73. The van der Waals surface area contributed by atoms with Crippen molar-refractivity contribution in [3.8, 4) is 11.5 Å². The Bertz CT molecular complexity index is 549. The number of aliphatic hydroxyl groups is 1. The van der Waals surface area contributed by atoms with Crippen LogP contribution in [0.2, 0.25) is 0 Å². The number of unbranched alkanes of at least 4 members (excludes halogenated alkanes) is 9. The smallest absolute Gasteiger partial charge is 0.467 e. The fourth-order valence-electron chi connectivity index (χ4n) is 3.32. The van der Waals surface area contributed by atoms with Gasteiger partial charge >= 0.3 is 5.69 Å². The topological polar surface area (TPSA) is 66.8 Å². The van der Waals surface area contributed by atoms with E-state index in [1.54, 1.807) is 0 Å². The standard InChI is InChI=1S/C24H41N2O3/c1-3-5-7-13-17-28-22-19-21(15-11-9-10-12-16-27)20-23(24(22)26-25)29-18-14-8-6-4-2/h19-20,27H,3-18H2,1-2H3/q+1. The van der Waals surface area contributed by atoms with Crippen LogP contribution < -0.4 is 9.47 Å². The molecule has 0 aliphatic rings. The largest absolute Gasteiger partial charge is 0.486 e. The van der Waals surface area contributed by atoms with Crippen molar-refractivity contribution in [2.75, 3.05) is 19.8 Å². The molecule has 0 radical (unpaired) electrons. The van der Waals surface area contributed by atoms with Crippen molar-refractivity contribution in [2.24, 2.45) is 0 Å². The van der Waals surface area contributed by atoms with Gasteiger partial charge in [0.2, 0.25) is 16.9 Å². The zero-order chi connectivity index (χ0) is 21.2. The maximum absolute atomic E-state index is 9.59. The number of hydrogen-bond acceptors (Lipinski definition) is 4. The van der Waals surface area contributed by atoms with Crippen LogP contribution in [-0.4, -0.2) is 24.9 Å². The lowest BCUT2D eigenvalue weighted by atomic mass is 10.0. The van der Waals surface area contributed by atoms with Gasteiger partial charge < -0.3 is 14.6 Å². The Labute approximate surface area is 177 Å². The fraction of sp³-hybridized carbons (Fsp3) is 0.750. The number of ether oxygens (including phenoxy) is 2. The van der Waals surface area contributed by atoms with Crippen LogP contribution in [0.4, 0.5) is 5.69 Å². The second-order valence-electron chi connectivity index (χ2n) is 7.75. The lowest BCUT2D eigenvalue weighted by molar-refractivity contribution is 0.282. The third kappa shape index (κ3) is 11.1. The van der Waals surface area contributed by atoms with Crippen molar-refractivity contribution < 1.29 is 14.6 Å². The van der Waals surface area contributed by atoms with Crippen molar-refractivity contribution in [3.05, 3.63) is 22.7 Å². The summed E-state index contributed by atoms with van der Waals surface area (Å²) in [6.07, 6.45) is 14.1. The summed E-state index contributed by atoms with van der Waals surface area (Å²) in [5, 5.41) is 18.5. The van der Waals surface area contributed by atoms with Gasteiger partial charge in [0.15, 0.2) is 4.98 Å². The van der Waals surface area contributed by atoms with Gasteiger partial charge in [-0.3, -0.25) is 0 Å². The molecule has 0 heterocycles. The molecule has 5 heteroatoms. The van der Waals surface area contributed by atoms with E-state index >= 15 is 0 Å². The minimum atomic E-state index is 0.263. The highest BCUT2D eigenvalue weighted by Crippen LogP contribution is 2.39. The summed E-state index contributed by atoms with van der Waals surface area (Å²) in [4.78, 5) is 3.48. The van der Waals surface area contributed by atoms with Crippen LogP contribution in [0.1, 0.15) is 96.5 Å². The number of aliphatic hydroxyl groups excluding tert-OH is 1. The summed E-state index contributed by atoms with van der Waals surface area (Å²) >= 11 is 0. The van der Waals surface area contributed by atoms with E-state index in [1.807, 2.05) is 12.1 Å². The second kappa shape index (κ2) is 17.1. The summed E-state index contributed by atoms with van der Waals surface area (Å²) in [5.74, 6) is 1.22. The van der Waals surface area contributed by atoms with Gasteiger partial charge in [0.05, 0.1) is 13.2 Å². The molecule has 0 bridgehead atoms. The van der Waals surface area contributed by atoms with Crippen LogP contribution in [0.15, 0.2) is 12.1 Å². The van der Waals surface area contributed by atoms with Gasteiger partial charge in [0.1, 0.15) is 0 Å². The van der Waals surface area contributed by atoms with Crippen molar-refractivity contribution >= 4 is 5.69 Å². The highest BCUT2D eigenvalue weighted by Gasteiger charge is 2.25. The Balaban J connectivity index is 2.77. The van der Waals surface area contributed by atoms with Gasteiger partial charge in [-0.2, -0.15) is 0 Å². The molecule has 0 amide bonds. The van der Waals surface area contributed by atoms with Crippen LogP contribution in [0, 0.1) is 5.39 Å². The molecule has 0 aromatic heterocycles. The number of nitrogens with zero attached hydrogens (tertiary/aromatic N) is 2. The van der Waals surface area contributed by atoms with E-state index in [1.165, 1.54) is 25.7 Å². The predicted octanol–water partition coefficient (Wildman–Crippen LogP) is 7.18. The van der Waals surface area contributed by atoms with Gasteiger partial charge in [0.25, 0.3) is 0 Å². The van der Waals surface area contributed by atoms with Crippen molar-refractivity contribution in [1.29, 1.82) is 5.39 Å². The van der Waals surface area contributed by atoms with Crippen LogP contribution in [0.5, 0.6) is 11.5 Å². The first-order chi connectivity index (χ1) is 14.3. The molecule has 1 aromatic rings. The Morgan fingerprint density at radius 1 is 0.759 bits per heavy atom. The van der Waals surface area contributed by atoms with E-state index in [4.69, 9.17) is 14.6 Å². The molecule has 5 nitrogen and oxygen atoms in total. The van der Waals surface area contributed by atoms with E-state index in [2.05, 4.69) is 18.8 Å². The summed E-state index contributed by atoms with van der Waals surface area (Å²) in [5.41, 5.74) is 1.55. The molecule has 1 aromatic carbocycles. The summed E-state index contributed by atoms with van der Waals surface area (Å²) in [6.45, 7) is 5.89. The van der Waals surface area contributed by atoms with E-state index in [-0.39, 0.29) is 6.61 Å². The first-order valence-electron chi connectivity index (χ1n) is 11.6. The van der Waals surface area contributed by atoms with E-state index in [0.29, 0.717) is 30.4 Å². The maximum atomic E-state index is 9.59. The van der Waals surface area contributed by atoms with Crippen LogP contribution >= 0.6 is 0 Å². The van der Waals surface area contributed by atoms with Gasteiger partial charge in [0, 0.05) is 6.61 Å². The van der Waals surface area contributed by atoms with Gasteiger partial charge in [-0.25, -0.2) is 0 Å². The number of benzene rings is 1. The summed E-state index contributed by atoms with van der Waals surface area (Å²) in [7, 11) is 0. The summed E-state index contributed by atoms with van der Waals surface area (Å²) in [6, 6.07) is 3.98. The van der Waals surface area contributed by atoms with Crippen LogP contribution in [0.3, 0.4) is 0 Å². The van der Waals surface area contributed by atoms with Crippen molar-refractivity contribution in [2.45, 2.75) is 97.3 Å². The van der Waals surface area contributed by atoms with Crippen molar-refractivity contribution in [3.63, 3.8) is 0 Å². The highest BCUT2D eigenvalue weighted by molar-refractivity contribution is 5.68. The van der Waals surface area contributed by atoms with E-state index in [0.717, 1.165) is 63.4 Å². The second-order valence-corrected chi connectivity index (χ2v) is 7.75. The predicted molar refractivity (Wildman–Crippen MR) is 120 cm³/mol. The van der Waals surface area contributed by atoms with Crippen molar-refractivity contribution in [1.82, 2.24) is 0 Å². The summed E-state index contributed by atoms with van der Waals surface area (Å²) < 4.78 is 12.0. The number of hydrogen-bond donors (Lipinski definition) is 1. The van der Waals surface area contributed by atoms with Crippen LogP contribution in [-0.2, 0) is 6.42 Å². The Morgan fingerprint density at radius 2 is 1.28 bits per heavy atom. The SMILES string of the molecule is CCCCCCOc1cc(CCCCCCO)cc(OCCCCCC)c1[N+]#N. The minimum Gasteiger partial charge on any atom is -0.486 e. The normalized spacial score (nSPS) is 10.7. The molecule has 0 fully saturated rings. The Morgan fingerprint density at radius 3 is 1.76 bits per heavy atom. The molecule has 0 aliphatic carbocycles. The molecule has 0 saturated heterocycles. The molecule has 29 heavy (non-hydrogen) atoms. The van der Waals surface area contributed by atoms with Crippen LogP contribution in [0.25, 0.3) is 4.98 Å². The molecule has 0 saturated carbocycles. The van der Waals surface area contributed by atoms with E-state index < -0.39 is 0 Å². The minimum absolute atomic E-state index is 0.263. The molecule has 1 N–H and O–H groups in total. The maximum Gasteiger partial charge on any atom is 0.467 e. The van der Waals surface area contributed by atoms with E-state index in [9.17, 15) is 5.39 Å². The molecule has 164 valence electrons. The van der Waals surface area contributed by atoms with Gasteiger partial charge in [-0.1, -0.05) is 65.2 Å². The average molecular weight is 406 g/mol. The van der Waals surface area contributed by atoms with Gasteiger partial charge in [-0.05, 0) is 49.8 Å². The molecule has 1 rings (SSSR count). The number of aryl methyl sites for hydroxylation is 1.